The summed E-state index contributed by atoms with van der Waals surface area (Å²) < 4.78 is 39.5. The van der Waals surface area contributed by atoms with E-state index in [1.165, 1.54) is 12.1 Å². The summed E-state index contributed by atoms with van der Waals surface area (Å²) in [6.45, 7) is 1.74. The van der Waals surface area contributed by atoms with Crippen LogP contribution in [0.3, 0.4) is 0 Å². The van der Waals surface area contributed by atoms with Crippen LogP contribution in [0, 0.1) is 17.1 Å². The van der Waals surface area contributed by atoms with Gasteiger partial charge in [0.25, 0.3) is 0 Å². The number of pyridine rings is 1. The van der Waals surface area contributed by atoms with Crippen molar-refractivity contribution in [3.63, 3.8) is 0 Å². The van der Waals surface area contributed by atoms with Crippen molar-refractivity contribution < 1.29 is 12.8 Å². The molecule has 0 bridgehead atoms. The minimum Gasteiger partial charge on any atom is -0.317 e. The third-order valence-corrected chi connectivity index (χ3v) is 5.82. The maximum Gasteiger partial charge on any atom is 0.226 e. The molecule has 24 heavy (non-hydrogen) atoms. The Labute approximate surface area is 140 Å². The van der Waals surface area contributed by atoms with Gasteiger partial charge in [-0.05, 0) is 56.3 Å². The van der Waals surface area contributed by atoms with Gasteiger partial charge in [-0.25, -0.2) is 17.8 Å². The van der Waals surface area contributed by atoms with Crippen molar-refractivity contribution in [2.45, 2.75) is 28.7 Å². The van der Waals surface area contributed by atoms with Crippen LogP contribution in [0.1, 0.15) is 30.0 Å². The highest BCUT2D eigenvalue weighted by Gasteiger charge is 2.25. The maximum atomic E-state index is 14.1. The molecule has 2 heterocycles. The van der Waals surface area contributed by atoms with Crippen molar-refractivity contribution in [3.8, 4) is 6.07 Å². The summed E-state index contributed by atoms with van der Waals surface area (Å²) in [5, 5.41) is 11.9. The van der Waals surface area contributed by atoms with Gasteiger partial charge in [0, 0.05) is 11.6 Å². The molecule has 1 aromatic heterocycles. The monoisotopic (exact) mass is 345 g/mol. The number of piperidine rings is 1. The van der Waals surface area contributed by atoms with Gasteiger partial charge < -0.3 is 5.32 Å². The van der Waals surface area contributed by atoms with Gasteiger partial charge in [-0.15, -0.1) is 0 Å². The van der Waals surface area contributed by atoms with Crippen LogP contribution < -0.4 is 5.32 Å². The van der Waals surface area contributed by atoms with Gasteiger partial charge in [-0.3, -0.25) is 0 Å². The lowest BCUT2D eigenvalue weighted by atomic mass is 9.94. The van der Waals surface area contributed by atoms with E-state index in [1.54, 1.807) is 12.1 Å². The molecule has 1 N–H and O–H groups in total. The molecule has 0 aliphatic carbocycles. The predicted molar refractivity (Wildman–Crippen MR) is 85.6 cm³/mol. The fraction of sp³-hybridized carbons (Fsp3) is 0.294. The molecule has 124 valence electrons. The Morgan fingerprint density at radius 3 is 2.62 bits per heavy atom. The third kappa shape index (κ3) is 3.16. The second kappa shape index (κ2) is 6.67. The van der Waals surface area contributed by atoms with Crippen LogP contribution in [0.15, 0.2) is 46.3 Å². The number of hydrogen-bond acceptors (Lipinski definition) is 5. The summed E-state index contributed by atoms with van der Waals surface area (Å²) in [6, 6.07) is 9.92. The number of halogens is 1. The van der Waals surface area contributed by atoms with Crippen LogP contribution in [0.4, 0.5) is 4.39 Å². The van der Waals surface area contributed by atoms with Gasteiger partial charge >= 0.3 is 0 Å². The van der Waals surface area contributed by atoms with E-state index in [0.717, 1.165) is 38.1 Å². The molecule has 0 radical (unpaired) electrons. The SMILES string of the molecule is N#Cc1ccc(S(=O)(=O)c2cccc(C3CCNCC3)n2)c(F)c1. The van der Waals surface area contributed by atoms with Crippen LogP contribution in [-0.2, 0) is 9.84 Å². The quantitative estimate of drug-likeness (QED) is 0.923. The molecule has 1 fully saturated rings. The largest absolute Gasteiger partial charge is 0.317 e. The molecule has 7 heteroatoms. The Hall–Kier alpha value is -2.30. The van der Waals surface area contributed by atoms with Crippen LogP contribution in [0.25, 0.3) is 0 Å². The number of nitriles is 1. The molecule has 3 rings (SSSR count). The van der Waals surface area contributed by atoms with Crippen LogP contribution in [0.2, 0.25) is 0 Å². The highest BCUT2D eigenvalue weighted by Crippen LogP contribution is 2.27. The summed E-state index contributed by atoms with van der Waals surface area (Å²) in [5.74, 6) is -0.740. The van der Waals surface area contributed by atoms with Crippen molar-refractivity contribution in [1.29, 1.82) is 5.26 Å². The Kier molecular flexibility index (Phi) is 4.60. The molecular formula is C17H16FN3O2S. The van der Waals surface area contributed by atoms with Gasteiger partial charge in [0.2, 0.25) is 9.84 Å². The second-order valence-electron chi connectivity index (χ2n) is 5.69. The topological polar surface area (TPSA) is 82.8 Å². The van der Waals surface area contributed by atoms with Crippen molar-refractivity contribution in [3.05, 3.63) is 53.5 Å². The van der Waals surface area contributed by atoms with Crippen molar-refractivity contribution >= 4 is 9.84 Å². The summed E-state index contributed by atoms with van der Waals surface area (Å²) in [7, 11) is -4.07. The Morgan fingerprint density at radius 1 is 1.21 bits per heavy atom. The summed E-state index contributed by atoms with van der Waals surface area (Å²) in [4.78, 5) is 3.82. The van der Waals surface area contributed by atoms with E-state index >= 15 is 0 Å². The lowest BCUT2D eigenvalue weighted by molar-refractivity contribution is 0.451. The number of nitrogens with zero attached hydrogens (tertiary/aromatic N) is 2. The molecule has 5 nitrogen and oxygen atoms in total. The van der Waals surface area contributed by atoms with E-state index < -0.39 is 20.5 Å². The molecule has 0 unspecified atom stereocenters. The number of sulfone groups is 1. The average molecular weight is 345 g/mol. The number of nitrogens with one attached hydrogen (secondary N) is 1. The molecule has 0 spiro atoms. The minimum atomic E-state index is -4.07. The minimum absolute atomic E-state index is 0.0721. The second-order valence-corrected chi connectivity index (χ2v) is 7.55. The zero-order chi connectivity index (χ0) is 17.2. The first-order chi connectivity index (χ1) is 11.5. The van der Waals surface area contributed by atoms with Crippen LogP contribution in [-0.4, -0.2) is 26.5 Å². The first kappa shape index (κ1) is 16.6. The van der Waals surface area contributed by atoms with Gasteiger partial charge in [0.15, 0.2) is 5.03 Å². The standard InChI is InChI=1S/C17H16FN3O2S/c18-14-10-12(11-19)4-5-16(14)24(22,23)17-3-1-2-15(21-17)13-6-8-20-9-7-13/h1-5,10,13,20H,6-9H2. The first-order valence-corrected chi connectivity index (χ1v) is 9.13. The molecular weight excluding hydrogens is 329 g/mol. The molecule has 1 saturated heterocycles. The van der Waals surface area contributed by atoms with E-state index in [4.69, 9.17) is 5.26 Å². The Balaban J connectivity index is 2.00. The molecule has 1 aliphatic rings. The fourth-order valence-electron chi connectivity index (χ4n) is 2.83. The van der Waals surface area contributed by atoms with Crippen molar-refractivity contribution in [2.75, 3.05) is 13.1 Å². The van der Waals surface area contributed by atoms with Gasteiger partial charge in [0.1, 0.15) is 10.7 Å². The molecule has 2 aromatic rings. The van der Waals surface area contributed by atoms with Gasteiger partial charge in [-0.2, -0.15) is 5.26 Å². The molecule has 0 atom stereocenters. The van der Waals surface area contributed by atoms with E-state index in [1.807, 2.05) is 6.07 Å². The Bertz CT molecular complexity index is 900. The average Bonchev–Trinajstić information content (AvgIpc) is 2.62. The summed E-state index contributed by atoms with van der Waals surface area (Å²) >= 11 is 0. The smallest absolute Gasteiger partial charge is 0.226 e. The maximum absolute atomic E-state index is 14.1. The number of hydrogen-bond donors (Lipinski definition) is 1. The number of aromatic nitrogens is 1. The number of rotatable bonds is 3. The molecule has 0 amide bonds. The predicted octanol–water partition coefficient (Wildman–Crippen LogP) is 2.39. The van der Waals surface area contributed by atoms with Crippen LogP contribution >= 0.6 is 0 Å². The molecule has 0 saturated carbocycles. The normalized spacial score (nSPS) is 15.8. The Morgan fingerprint density at radius 2 is 1.96 bits per heavy atom. The van der Waals surface area contributed by atoms with Gasteiger partial charge in [0.05, 0.1) is 11.6 Å². The summed E-state index contributed by atoms with van der Waals surface area (Å²) in [5.41, 5.74) is 0.787. The van der Waals surface area contributed by atoms with Gasteiger partial charge in [-0.1, -0.05) is 6.07 Å². The van der Waals surface area contributed by atoms with E-state index in [-0.39, 0.29) is 16.5 Å². The molecule has 1 aliphatic heterocycles. The van der Waals surface area contributed by atoms with Crippen LogP contribution in [0.5, 0.6) is 0 Å². The zero-order valence-corrected chi connectivity index (χ0v) is 13.7. The van der Waals surface area contributed by atoms with Crippen molar-refractivity contribution in [1.82, 2.24) is 10.3 Å². The van der Waals surface area contributed by atoms with E-state index in [2.05, 4.69) is 10.3 Å². The van der Waals surface area contributed by atoms with E-state index in [0.29, 0.717) is 5.69 Å². The fourth-order valence-corrected chi connectivity index (χ4v) is 4.10. The third-order valence-electron chi connectivity index (χ3n) is 4.13. The van der Waals surface area contributed by atoms with Crippen molar-refractivity contribution in [2.24, 2.45) is 0 Å². The zero-order valence-electron chi connectivity index (χ0n) is 12.9. The highest BCUT2D eigenvalue weighted by molar-refractivity contribution is 7.91. The molecule has 1 aromatic carbocycles. The lowest BCUT2D eigenvalue weighted by Gasteiger charge is -2.22. The summed E-state index contributed by atoms with van der Waals surface area (Å²) in [6.07, 6.45) is 1.78. The highest BCUT2D eigenvalue weighted by atomic mass is 32.2. The van der Waals surface area contributed by atoms with E-state index in [9.17, 15) is 12.8 Å². The number of benzene rings is 1. The first-order valence-electron chi connectivity index (χ1n) is 7.65. The lowest BCUT2D eigenvalue weighted by Crippen LogP contribution is -2.27.